The third kappa shape index (κ3) is 5.37. The SMILES string of the molecule is NN1CCC(c2cccc(OC(F)(F)F)c2)C(C(=O)N(N)c2ccccc2C(F)(F)F)C1=O. The van der Waals surface area contributed by atoms with E-state index in [-0.39, 0.29) is 23.5 Å². The van der Waals surface area contributed by atoms with Gasteiger partial charge >= 0.3 is 12.5 Å². The Morgan fingerprint density at radius 2 is 1.73 bits per heavy atom. The molecule has 2 amide bonds. The van der Waals surface area contributed by atoms with Gasteiger partial charge in [-0.2, -0.15) is 13.2 Å². The number of carbonyl (C=O) groups is 2. The Morgan fingerprint density at radius 1 is 1.06 bits per heavy atom. The summed E-state index contributed by atoms with van der Waals surface area (Å²) < 4.78 is 81.8. The van der Waals surface area contributed by atoms with Crippen molar-refractivity contribution in [3.63, 3.8) is 0 Å². The van der Waals surface area contributed by atoms with Crippen LogP contribution in [0.5, 0.6) is 5.75 Å². The smallest absolute Gasteiger partial charge is 0.406 e. The number of benzene rings is 2. The highest BCUT2D eigenvalue weighted by Gasteiger charge is 2.45. The number of ether oxygens (including phenoxy) is 1. The van der Waals surface area contributed by atoms with Gasteiger partial charge in [0.25, 0.3) is 5.91 Å². The van der Waals surface area contributed by atoms with E-state index in [0.29, 0.717) is 0 Å². The van der Waals surface area contributed by atoms with E-state index >= 15 is 0 Å². The summed E-state index contributed by atoms with van der Waals surface area (Å²) in [7, 11) is 0. The maximum absolute atomic E-state index is 13.4. The average molecular weight is 476 g/mol. The van der Waals surface area contributed by atoms with E-state index in [1.54, 1.807) is 0 Å². The number of para-hydroxylation sites is 1. The molecule has 4 N–H and O–H groups in total. The third-order valence-electron chi connectivity index (χ3n) is 5.12. The van der Waals surface area contributed by atoms with Gasteiger partial charge < -0.3 is 4.74 Å². The van der Waals surface area contributed by atoms with Crippen LogP contribution in [0.4, 0.5) is 32.0 Å². The molecule has 13 heteroatoms. The number of anilines is 1. The van der Waals surface area contributed by atoms with Crippen LogP contribution in [-0.4, -0.2) is 29.7 Å². The van der Waals surface area contributed by atoms with Crippen molar-refractivity contribution >= 4 is 17.5 Å². The van der Waals surface area contributed by atoms with Gasteiger partial charge in [-0.05, 0) is 36.2 Å². The minimum Gasteiger partial charge on any atom is -0.406 e. The first-order chi connectivity index (χ1) is 15.3. The summed E-state index contributed by atoms with van der Waals surface area (Å²) in [4.78, 5) is 25.9. The molecule has 2 aromatic carbocycles. The highest BCUT2D eigenvalue weighted by molar-refractivity contribution is 6.08. The van der Waals surface area contributed by atoms with Gasteiger partial charge in [0.15, 0.2) is 0 Å². The van der Waals surface area contributed by atoms with Crippen molar-refractivity contribution in [2.24, 2.45) is 17.6 Å². The summed E-state index contributed by atoms with van der Waals surface area (Å²) in [5.41, 5.74) is -1.76. The molecule has 1 fully saturated rings. The Bertz CT molecular complexity index is 1040. The van der Waals surface area contributed by atoms with E-state index in [1.807, 2.05) is 0 Å². The minimum atomic E-state index is -4.97. The van der Waals surface area contributed by atoms with E-state index in [9.17, 15) is 35.9 Å². The van der Waals surface area contributed by atoms with Crippen LogP contribution in [0, 0.1) is 5.92 Å². The molecule has 0 aromatic heterocycles. The van der Waals surface area contributed by atoms with Crippen molar-refractivity contribution in [3.8, 4) is 5.75 Å². The molecule has 0 spiro atoms. The van der Waals surface area contributed by atoms with Gasteiger partial charge in [0.2, 0.25) is 5.91 Å². The topological polar surface area (TPSA) is 102 Å². The van der Waals surface area contributed by atoms with Crippen molar-refractivity contribution in [2.45, 2.75) is 24.9 Å². The van der Waals surface area contributed by atoms with Crippen LogP contribution in [0.3, 0.4) is 0 Å². The largest absolute Gasteiger partial charge is 0.573 e. The van der Waals surface area contributed by atoms with Crippen LogP contribution in [0.25, 0.3) is 0 Å². The number of rotatable bonds is 4. The lowest BCUT2D eigenvalue weighted by atomic mass is 9.79. The van der Waals surface area contributed by atoms with Crippen LogP contribution in [0.2, 0.25) is 0 Å². The van der Waals surface area contributed by atoms with Gasteiger partial charge in [0, 0.05) is 12.5 Å². The third-order valence-corrected chi connectivity index (χ3v) is 5.12. The molecule has 1 aliphatic heterocycles. The fraction of sp³-hybridized carbons (Fsp3) is 0.300. The number of carbonyl (C=O) groups excluding carboxylic acids is 2. The predicted molar refractivity (Wildman–Crippen MR) is 103 cm³/mol. The summed E-state index contributed by atoms with van der Waals surface area (Å²) in [5, 5.41) is 0.937. The number of nitrogens with zero attached hydrogens (tertiary/aromatic N) is 2. The van der Waals surface area contributed by atoms with E-state index in [1.165, 1.54) is 18.2 Å². The average Bonchev–Trinajstić information content (AvgIpc) is 2.73. The van der Waals surface area contributed by atoms with Crippen LogP contribution in [0.1, 0.15) is 23.5 Å². The number of amides is 2. The Labute approximate surface area is 183 Å². The molecule has 0 saturated carbocycles. The Morgan fingerprint density at radius 3 is 2.36 bits per heavy atom. The molecule has 33 heavy (non-hydrogen) atoms. The second-order valence-electron chi connectivity index (χ2n) is 7.25. The predicted octanol–water partition coefficient (Wildman–Crippen LogP) is 3.32. The van der Waals surface area contributed by atoms with Gasteiger partial charge in [-0.3, -0.25) is 14.6 Å². The minimum absolute atomic E-state index is 0.0403. The van der Waals surface area contributed by atoms with Crippen LogP contribution >= 0.6 is 0 Å². The monoisotopic (exact) mass is 476 g/mol. The molecule has 0 radical (unpaired) electrons. The Hall–Kier alpha value is -3.32. The van der Waals surface area contributed by atoms with E-state index in [0.717, 1.165) is 35.3 Å². The van der Waals surface area contributed by atoms with Crippen LogP contribution < -0.4 is 21.4 Å². The van der Waals surface area contributed by atoms with Crippen LogP contribution in [0.15, 0.2) is 48.5 Å². The Kier molecular flexibility index (Phi) is 6.56. The van der Waals surface area contributed by atoms with Gasteiger partial charge in [0.1, 0.15) is 11.7 Å². The number of nitrogens with two attached hydrogens (primary N) is 2. The van der Waals surface area contributed by atoms with E-state index in [4.69, 9.17) is 11.7 Å². The number of hydrogen-bond acceptors (Lipinski definition) is 5. The molecule has 2 aromatic rings. The molecule has 2 atom stereocenters. The summed E-state index contributed by atoms with van der Waals surface area (Å²) in [6, 6.07) is 8.65. The maximum atomic E-state index is 13.4. The first kappa shape index (κ1) is 24.3. The summed E-state index contributed by atoms with van der Waals surface area (Å²) >= 11 is 0. The molecule has 1 saturated heterocycles. The maximum Gasteiger partial charge on any atom is 0.573 e. The highest BCUT2D eigenvalue weighted by Crippen LogP contribution is 2.39. The van der Waals surface area contributed by atoms with Gasteiger partial charge in [-0.1, -0.05) is 24.3 Å². The molecule has 0 bridgehead atoms. The summed E-state index contributed by atoms with van der Waals surface area (Å²) in [6.45, 7) is -0.0403. The molecular weight excluding hydrogens is 458 g/mol. The molecule has 2 unspecified atom stereocenters. The Balaban J connectivity index is 1.99. The number of halogens is 6. The molecule has 0 aliphatic carbocycles. The zero-order valence-electron chi connectivity index (χ0n) is 16.7. The number of alkyl halides is 6. The lowest BCUT2D eigenvalue weighted by Crippen LogP contribution is -2.55. The van der Waals surface area contributed by atoms with Gasteiger partial charge in [0.05, 0.1) is 11.3 Å². The first-order valence-electron chi connectivity index (χ1n) is 9.46. The van der Waals surface area contributed by atoms with Gasteiger partial charge in [-0.25, -0.2) is 16.7 Å². The normalized spacial score (nSPS) is 19.4. The van der Waals surface area contributed by atoms with Crippen molar-refractivity contribution in [1.29, 1.82) is 0 Å². The van der Waals surface area contributed by atoms with Crippen molar-refractivity contribution in [2.75, 3.05) is 11.6 Å². The van der Waals surface area contributed by atoms with Crippen molar-refractivity contribution in [3.05, 3.63) is 59.7 Å². The number of hydrazine groups is 2. The lowest BCUT2D eigenvalue weighted by Gasteiger charge is -2.36. The van der Waals surface area contributed by atoms with Gasteiger partial charge in [-0.15, -0.1) is 13.2 Å². The second-order valence-corrected chi connectivity index (χ2v) is 7.25. The number of hydrogen-bond donors (Lipinski definition) is 2. The molecule has 3 rings (SSSR count). The number of piperidine rings is 1. The van der Waals surface area contributed by atoms with Crippen molar-refractivity contribution < 1.29 is 40.7 Å². The fourth-order valence-corrected chi connectivity index (χ4v) is 3.68. The first-order valence-corrected chi connectivity index (χ1v) is 9.46. The van der Waals surface area contributed by atoms with Crippen molar-refractivity contribution in [1.82, 2.24) is 5.01 Å². The zero-order chi connectivity index (χ0) is 24.6. The molecule has 178 valence electrons. The fourth-order valence-electron chi connectivity index (χ4n) is 3.68. The molecule has 7 nitrogen and oxygen atoms in total. The zero-order valence-corrected chi connectivity index (χ0v) is 16.7. The van der Waals surface area contributed by atoms with E-state index < -0.39 is 53.2 Å². The summed E-state index contributed by atoms with van der Waals surface area (Å²) in [5.74, 6) is 5.95. The quantitative estimate of drug-likeness (QED) is 0.232. The lowest BCUT2D eigenvalue weighted by molar-refractivity contribution is -0.274. The molecular formula is C20H18F6N4O3. The molecule has 1 aliphatic rings. The van der Waals surface area contributed by atoms with Crippen LogP contribution in [-0.2, 0) is 15.8 Å². The highest BCUT2D eigenvalue weighted by atomic mass is 19.4. The summed E-state index contributed by atoms with van der Waals surface area (Å²) in [6.07, 6.45) is -9.77. The standard InChI is InChI=1S/C20H18F6N4O3/c21-19(22,23)14-6-1-2-7-15(14)30(28)18(32)16-13(8-9-29(27)17(16)31)11-4-3-5-12(10-11)33-20(24,25)26/h1-7,10,13,16H,8-9,27-28H2. The van der Waals surface area contributed by atoms with E-state index in [2.05, 4.69) is 4.74 Å². The molecule has 1 heterocycles. The second kappa shape index (κ2) is 8.90.